The number of esters is 1. The number of rotatable bonds is 6. The van der Waals surface area contributed by atoms with E-state index in [1.54, 1.807) is 6.92 Å². The number of hydrogen-bond acceptors (Lipinski definition) is 4. The number of amides is 1. The van der Waals surface area contributed by atoms with Crippen LogP contribution in [0.5, 0.6) is 0 Å². The Morgan fingerprint density at radius 2 is 1.41 bits per heavy atom. The molecule has 0 aliphatic heterocycles. The molecule has 0 aromatic rings. The lowest BCUT2D eigenvalue weighted by Gasteiger charge is -2.15. The van der Waals surface area contributed by atoms with Gasteiger partial charge >= 0.3 is 12.1 Å². The molecule has 5 heteroatoms. The van der Waals surface area contributed by atoms with Crippen molar-refractivity contribution in [1.82, 2.24) is 5.32 Å². The van der Waals surface area contributed by atoms with Crippen LogP contribution in [0.15, 0.2) is 0 Å². The van der Waals surface area contributed by atoms with E-state index in [0.29, 0.717) is 13.2 Å². The third-order valence-corrected chi connectivity index (χ3v) is 1.79. The lowest BCUT2D eigenvalue weighted by atomic mass is 10.2. The Labute approximate surface area is 103 Å². The minimum Gasteiger partial charge on any atom is -0.464 e. The molecule has 0 saturated heterocycles. The molecule has 0 aliphatic rings. The summed E-state index contributed by atoms with van der Waals surface area (Å²) in [7, 11) is 0. The van der Waals surface area contributed by atoms with Crippen molar-refractivity contribution in [3.8, 4) is 0 Å². The van der Waals surface area contributed by atoms with Gasteiger partial charge in [-0.1, -0.05) is 27.7 Å². The molecule has 0 aliphatic carbocycles. The van der Waals surface area contributed by atoms with Gasteiger partial charge in [0.05, 0.1) is 13.2 Å². The van der Waals surface area contributed by atoms with E-state index >= 15 is 0 Å². The maximum atomic E-state index is 11.4. The first-order valence-electron chi connectivity index (χ1n) is 5.92. The summed E-state index contributed by atoms with van der Waals surface area (Å²) in [5, 5.41) is 2.42. The van der Waals surface area contributed by atoms with Gasteiger partial charge in [-0.3, -0.25) is 0 Å². The second-order valence-electron chi connectivity index (χ2n) is 4.88. The Morgan fingerprint density at radius 3 is 1.88 bits per heavy atom. The van der Waals surface area contributed by atoms with Gasteiger partial charge in [0.25, 0.3) is 0 Å². The van der Waals surface area contributed by atoms with Crippen LogP contribution in [-0.4, -0.2) is 31.3 Å². The summed E-state index contributed by atoms with van der Waals surface area (Å²) in [5.41, 5.74) is 0. The molecule has 0 aromatic carbocycles. The molecule has 0 aromatic heterocycles. The van der Waals surface area contributed by atoms with Gasteiger partial charge in [-0.05, 0) is 18.8 Å². The van der Waals surface area contributed by atoms with Gasteiger partial charge in [-0.2, -0.15) is 0 Å². The van der Waals surface area contributed by atoms with Crippen LogP contribution in [0.25, 0.3) is 0 Å². The molecule has 0 bridgehead atoms. The number of carbonyl (C=O) groups excluding carboxylic acids is 2. The second kappa shape index (κ2) is 7.92. The first-order valence-corrected chi connectivity index (χ1v) is 5.92. The normalized spacial score (nSPS) is 12.4. The molecule has 0 radical (unpaired) electrons. The lowest BCUT2D eigenvalue weighted by Crippen LogP contribution is -2.40. The topological polar surface area (TPSA) is 64.6 Å². The number of alkyl carbamates (subject to hydrolysis) is 1. The largest absolute Gasteiger partial charge is 0.464 e. The van der Waals surface area contributed by atoms with Crippen LogP contribution in [0.4, 0.5) is 4.79 Å². The van der Waals surface area contributed by atoms with Crippen LogP contribution in [0.3, 0.4) is 0 Å². The molecule has 1 N–H and O–H groups in total. The number of nitrogens with one attached hydrogen (secondary N) is 1. The number of ether oxygens (including phenoxy) is 2. The van der Waals surface area contributed by atoms with E-state index in [1.807, 2.05) is 27.7 Å². The lowest BCUT2D eigenvalue weighted by molar-refractivity contribution is -0.146. The highest BCUT2D eigenvalue weighted by Crippen LogP contribution is 1.97. The summed E-state index contributed by atoms with van der Waals surface area (Å²) >= 11 is 0. The second-order valence-corrected chi connectivity index (χ2v) is 4.88. The maximum Gasteiger partial charge on any atom is 0.407 e. The van der Waals surface area contributed by atoms with Gasteiger partial charge in [-0.25, -0.2) is 9.59 Å². The average molecular weight is 245 g/mol. The van der Waals surface area contributed by atoms with Gasteiger partial charge in [0, 0.05) is 0 Å². The van der Waals surface area contributed by atoms with Crippen molar-refractivity contribution in [3.63, 3.8) is 0 Å². The Bertz CT molecular complexity index is 251. The molecule has 0 unspecified atom stereocenters. The van der Waals surface area contributed by atoms with E-state index in [0.717, 1.165) is 0 Å². The third kappa shape index (κ3) is 8.54. The molecule has 0 saturated carbocycles. The van der Waals surface area contributed by atoms with Crippen molar-refractivity contribution in [1.29, 1.82) is 0 Å². The van der Waals surface area contributed by atoms with Crippen molar-refractivity contribution >= 4 is 12.1 Å². The molecule has 1 atom stereocenters. The average Bonchev–Trinajstić information content (AvgIpc) is 2.22. The molecular formula is C12H23NO4. The summed E-state index contributed by atoms with van der Waals surface area (Å²) in [5.74, 6) is 0.100. The molecule has 1 amide bonds. The first-order chi connectivity index (χ1) is 7.82. The maximum absolute atomic E-state index is 11.4. The van der Waals surface area contributed by atoms with Crippen LogP contribution >= 0.6 is 0 Å². The van der Waals surface area contributed by atoms with Crippen LogP contribution in [0.1, 0.15) is 34.6 Å². The van der Waals surface area contributed by atoms with Gasteiger partial charge in [0.15, 0.2) is 0 Å². The number of carbonyl (C=O) groups is 2. The zero-order valence-corrected chi connectivity index (χ0v) is 11.3. The summed E-state index contributed by atoms with van der Waals surface area (Å²) in [6, 6.07) is -0.687. The van der Waals surface area contributed by atoms with Crippen molar-refractivity contribution in [2.75, 3.05) is 13.2 Å². The van der Waals surface area contributed by atoms with E-state index < -0.39 is 18.1 Å². The molecule has 0 heterocycles. The highest BCUT2D eigenvalue weighted by Gasteiger charge is 2.18. The number of hydrogen-bond donors (Lipinski definition) is 1. The fraction of sp³-hybridized carbons (Fsp3) is 0.833. The summed E-state index contributed by atoms with van der Waals surface area (Å²) in [6.07, 6.45) is -0.590. The summed E-state index contributed by atoms with van der Waals surface area (Å²) in [6.45, 7) is 10.0. The van der Waals surface area contributed by atoms with E-state index in [-0.39, 0.29) is 11.8 Å². The van der Waals surface area contributed by atoms with Crippen LogP contribution < -0.4 is 5.32 Å². The molecule has 5 nitrogen and oxygen atoms in total. The summed E-state index contributed by atoms with van der Waals surface area (Å²) < 4.78 is 9.87. The summed E-state index contributed by atoms with van der Waals surface area (Å²) in [4.78, 5) is 22.7. The predicted octanol–water partition coefficient (Wildman–Crippen LogP) is 1.96. The third-order valence-electron chi connectivity index (χ3n) is 1.79. The van der Waals surface area contributed by atoms with E-state index in [4.69, 9.17) is 9.47 Å². The van der Waals surface area contributed by atoms with Crippen molar-refractivity contribution < 1.29 is 19.1 Å². The van der Waals surface area contributed by atoms with Gasteiger partial charge < -0.3 is 14.8 Å². The SMILES string of the molecule is CC(C)COC(=O)N[C@@H](C)C(=O)OCC(C)C. The Morgan fingerprint density at radius 1 is 0.941 bits per heavy atom. The molecule has 17 heavy (non-hydrogen) atoms. The molecule has 0 rings (SSSR count). The van der Waals surface area contributed by atoms with Gasteiger partial charge in [-0.15, -0.1) is 0 Å². The van der Waals surface area contributed by atoms with Gasteiger partial charge in [0.2, 0.25) is 0 Å². The quantitative estimate of drug-likeness (QED) is 0.726. The van der Waals surface area contributed by atoms with Crippen LogP contribution in [0, 0.1) is 11.8 Å². The highest BCUT2D eigenvalue weighted by molar-refractivity contribution is 5.80. The molecule has 100 valence electrons. The smallest absolute Gasteiger partial charge is 0.407 e. The van der Waals surface area contributed by atoms with Crippen molar-refractivity contribution in [2.24, 2.45) is 11.8 Å². The molecular weight excluding hydrogens is 222 g/mol. The van der Waals surface area contributed by atoms with Crippen LogP contribution in [0.2, 0.25) is 0 Å². The fourth-order valence-corrected chi connectivity index (χ4v) is 0.894. The zero-order chi connectivity index (χ0) is 13.4. The fourth-order valence-electron chi connectivity index (χ4n) is 0.894. The van der Waals surface area contributed by atoms with E-state index in [2.05, 4.69) is 5.32 Å². The Balaban J connectivity index is 3.86. The minimum absolute atomic E-state index is 0.268. The highest BCUT2D eigenvalue weighted by atomic mass is 16.6. The predicted molar refractivity (Wildman–Crippen MR) is 64.6 cm³/mol. The van der Waals surface area contributed by atoms with Crippen molar-refractivity contribution in [3.05, 3.63) is 0 Å². The minimum atomic E-state index is -0.687. The first kappa shape index (κ1) is 15.7. The Kier molecular flexibility index (Phi) is 7.34. The van der Waals surface area contributed by atoms with Crippen LogP contribution in [-0.2, 0) is 14.3 Å². The Hall–Kier alpha value is -1.26. The molecule has 0 spiro atoms. The zero-order valence-electron chi connectivity index (χ0n) is 11.3. The van der Waals surface area contributed by atoms with Gasteiger partial charge in [0.1, 0.15) is 6.04 Å². The van der Waals surface area contributed by atoms with E-state index in [9.17, 15) is 9.59 Å². The van der Waals surface area contributed by atoms with Crippen molar-refractivity contribution in [2.45, 2.75) is 40.7 Å². The molecule has 0 fully saturated rings. The van der Waals surface area contributed by atoms with E-state index in [1.165, 1.54) is 0 Å². The standard InChI is InChI=1S/C12H23NO4/c1-8(2)6-16-11(14)10(5)13-12(15)17-7-9(3)4/h8-10H,6-7H2,1-5H3,(H,13,15)/t10-/m0/s1. The monoisotopic (exact) mass is 245 g/mol.